The summed E-state index contributed by atoms with van der Waals surface area (Å²) >= 11 is 0. The van der Waals surface area contributed by atoms with Crippen LogP contribution in [-0.2, 0) is 20.9 Å². The number of ether oxygens (including phenoxy) is 2. The first kappa shape index (κ1) is 41.5. The summed E-state index contributed by atoms with van der Waals surface area (Å²) in [6, 6.07) is 21.3. The van der Waals surface area contributed by atoms with Crippen LogP contribution in [0.2, 0.25) is 0 Å². The highest BCUT2D eigenvalue weighted by Crippen LogP contribution is 2.44. The number of likely N-dealkylation sites (N-methyl/N-ethyl adjacent to an activating group) is 1. The van der Waals surface area contributed by atoms with Crippen LogP contribution in [0.15, 0.2) is 79.0 Å². The molecule has 2 fully saturated rings. The highest BCUT2D eigenvalue weighted by Gasteiger charge is 2.43. The second-order valence-electron chi connectivity index (χ2n) is 17.6. The number of fused-ring (bicyclic) bond motifs is 6. The molecule has 326 valence electrons. The third-order valence-electron chi connectivity index (χ3n) is 13.1. The lowest BCUT2D eigenvalue weighted by Gasteiger charge is -2.36. The third kappa shape index (κ3) is 7.48. The van der Waals surface area contributed by atoms with Crippen molar-refractivity contribution in [1.29, 1.82) is 0 Å². The Morgan fingerprint density at radius 1 is 0.937 bits per heavy atom. The van der Waals surface area contributed by atoms with Crippen LogP contribution in [0, 0.1) is 11.8 Å². The number of rotatable bonds is 9. The van der Waals surface area contributed by atoms with E-state index in [2.05, 4.69) is 58.6 Å². The normalized spacial score (nSPS) is 20.3. The molecule has 0 spiro atoms. The van der Waals surface area contributed by atoms with E-state index in [4.69, 9.17) is 19.4 Å². The van der Waals surface area contributed by atoms with Crippen LogP contribution in [0.4, 0.5) is 9.59 Å². The van der Waals surface area contributed by atoms with Crippen LogP contribution in [0.3, 0.4) is 0 Å². The zero-order chi connectivity index (χ0) is 44.3. The van der Waals surface area contributed by atoms with E-state index in [-0.39, 0.29) is 41.8 Å². The van der Waals surface area contributed by atoms with Gasteiger partial charge in [-0.1, -0.05) is 69.3 Å². The quantitative estimate of drug-likeness (QED) is 0.111. The summed E-state index contributed by atoms with van der Waals surface area (Å²) < 4.78 is 11.3. The number of nitrogens with one attached hydrogen (secondary N) is 3. The van der Waals surface area contributed by atoms with Gasteiger partial charge in [0.25, 0.3) is 5.91 Å². The van der Waals surface area contributed by atoms with Crippen molar-refractivity contribution < 1.29 is 33.8 Å². The fourth-order valence-electron chi connectivity index (χ4n) is 9.91. The van der Waals surface area contributed by atoms with E-state index in [1.165, 1.54) is 14.2 Å². The van der Waals surface area contributed by atoms with E-state index in [9.17, 15) is 24.3 Å². The number of nitrogens with zero attached hydrogens (tertiary/aromatic N) is 5. The summed E-state index contributed by atoms with van der Waals surface area (Å²) in [4.78, 5) is 74.1. The average Bonchev–Trinajstić information content (AvgIpc) is 4.10. The SMILES string of the molecule is COC(=O)N[C@@H](C(=O)N1C[C@@H](C)C[C@H]1c1ncc(-c2ccc3c(c2)COc2cc4c(ccc5nc([C@@H]6CC[C@H](C)N6C(=O)[C@H](C(C)C)N(C)C(=O)O)[nH]c54)cc2-3)[nH]1)c1ccccc1. The molecule has 15 heteroatoms. The number of benzene rings is 4. The van der Waals surface area contributed by atoms with E-state index in [0.29, 0.717) is 36.8 Å². The van der Waals surface area contributed by atoms with Crippen LogP contribution in [0.1, 0.15) is 87.9 Å². The Kier molecular flexibility index (Phi) is 10.8. The maximum atomic E-state index is 14.2. The van der Waals surface area contributed by atoms with Crippen molar-refractivity contribution >= 4 is 45.8 Å². The number of carboxylic acid groups (broad SMARTS) is 1. The number of carbonyl (C=O) groups excluding carboxylic acids is 3. The Hall–Kier alpha value is -6.90. The number of hydrogen-bond donors (Lipinski definition) is 4. The Morgan fingerprint density at radius 3 is 2.48 bits per heavy atom. The number of alkyl carbamates (subject to hydrolysis) is 1. The Balaban J connectivity index is 0.973. The van der Waals surface area contributed by atoms with Gasteiger partial charge < -0.3 is 39.7 Å². The van der Waals surface area contributed by atoms with Crippen LogP contribution in [0.5, 0.6) is 5.75 Å². The number of H-pyrrole nitrogens is 2. The van der Waals surface area contributed by atoms with Gasteiger partial charge >= 0.3 is 12.2 Å². The van der Waals surface area contributed by atoms with Gasteiger partial charge in [0.2, 0.25) is 5.91 Å². The molecule has 0 bridgehead atoms. The molecular formula is C48H52N8O7. The molecule has 0 unspecified atom stereocenters. The molecule has 5 heterocycles. The van der Waals surface area contributed by atoms with E-state index in [1.807, 2.05) is 62.1 Å². The Bertz CT molecular complexity index is 2750. The molecule has 2 saturated heterocycles. The van der Waals surface area contributed by atoms with E-state index >= 15 is 0 Å². The highest BCUT2D eigenvalue weighted by atomic mass is 16.5. The van der Waals surface area contributed by atoms with Crippen molar-refractivity contribution in [1.82, 2.24) is 40.0 Å². The molecular weight excluding hydrogens is 801 g/mol. The smallest absolute Gasteiger partial charge is 0.407 e. The molecule has 4 aromatic carbocycles. The molecule has 0 saturated carbocycles. The maximum Gasteiger partial charge on any atom is 0.407 e. The summed E-state index contributed by atoms with van der Waals surface area (Å²) in [5.74, 6) is 1.70. The zero-order valence-electron chi connectivity index (χ0n) is 36.2. The maximum absolute atomic E-state index is 14.2. The molecule has 0 radical (unpaired) electrons. The van der Waals surface area contributed by atoms with Gasteiger partial charge in [0.1, 0.15) is 36.1 Å². The van der Waals surface area contributed by atoms with Crippen molar-refractivity contribution in [2.24, 2.45) is 11.8 Å². The minimum absolute atomic E-state index is 0.0687. The van der Waals surface area contributed by atoms with E-state index in [0.717, 1.165) is 73.2 Å². The van der Waals surface area contributed by atoms with Gasteiger partial charge in [-0.3, -0.25) is 14.5 Å². The summed E-state index contributed by atoms with van der Waals surface area (Å²) in [6.07, 6.45) is 2.21. The molecule has 6 aromatic rings. The lowest BCUT2D eigenvalue weighted by Crippen LogP contribution is -2.53. The standard InChI is InChI=1S/C48H52N8O7/c1-25(2)42(54(5)48(60)61)46(58)56-27(4)12-17-37(56)44-50-35-16-14-29-20-34-32-15-13-30(19-31(32)24-63-39(34)21-33(29)41(35)52-44)36-22-49-43(51-36)38-18-26(3)23-55(38)45(57)40(53-47(59)62-6)28-10-8-7-9-11-28/h7-11,13-16,19-22,25-27,37-38,40,42H,12,17-18,23-24H2,1-6H3,(H,49,51)(H,50,52)(H,53,59)(H,60,61)/t26-,27-,37-,38-,40+,42-/m0/s1. The van der Waals surface area contributed by atoms with Gasteiger partial charge in [-0.2, -0.15) is 0 Å². The molecule has 3 aliphatic heterocycles. The van der Waals surface area contributed by atoms with Gasteiger partial charge in [-0.15, -0.1) is 0 Å². The van der Waals surface area contributed by atoms with Gasteiger partial charge in [0.15, 0.2) is 0 Å². The van der Waals surface area contributed by atoms with Crippen molar-refractivity contribution in [3.63, 3.8) is 0 Å². The zero-order valence-corrected chi connectivity index (χ0v) is 36.2. The fourth-order valence-corrected chi connectivity index (χ4v) is 9.91. The van der Waals surface area contributed by atoms with Crippen LogP contribution in [0.25, 0.3) is 44.2 Å². The summed E-state index contributed by atoms with van der Waals surface area (Å²) in [5.41, 5.74) is 7.13. The monoisotopic (exact) mass is 852 g/mol. The van der Waals surface area contributed by atoms with Gasteiger partial charge in [-0.25, -0.2) is 19.6 Å². The van der Waals surface area contributed by atoms with Crippen LogP contribution < -0.4 is 10.1 Å². The minimum Gasteiger partial charge on any atom is -0.488 e. The van der Waals surface area contributed by atoms with Crippen molar-refractivity contribution in [3.8, 4) is 28.1 Å². The van der Waals surface area contributed by atoms with Gasteiger partial charge in [0.05, 0.1) is 42.1 Å². The van der Waals surface area contributed by atoms with Gasteiger partial charge in [-0.05, 0) is 89.9 Å². The number of imidazole rings is 2. The molecule has 4 amide bonds. The molecule has 15 nitrogen and oxygen atoms in total. The van der Waals surface area contributed by atoms with Gasteiger partial charge in [0, 0.05) is 30.6 Å². The molecule has 0 aliphatic carbocycles. The summed E-state index contributed by atoms with van der Waals surface area (Å²) in [7, 11) is 2.74. The Labute approximate surface area is 364 Å². The second-order valence-corrected chi connectivity index (χ2v) is 17.6. The Morgan fingerprint density at radius 2 is 1.73 bits per heavy atom. The number of aromatic amines is 2. The van der Waals surface area contributed by atoms with Crippen molar-refractivity contribution in [3.05, 3.63) is 102 Å². The topological polar surface area (TPSA) is 186 Å². The largest absolute Gasteiger partial charge is 0.488 e. The van der Waals surface area contributed by atoms with Crippen molar-refractivity contribution in [2.45, 2.75) is 83.8 Å². The summed E-state index contributed by atoms with van der Waals surface area (Å²) in [6.45, 7) is 8.74. The fraction of sp³-hybridized carbons (Fsp3) is 0.375. The molecule has 2 aromatic heterocycles. The molecule has 6 atom stereocenters. The third-order valence-corrected chi connectivity index (χ3v) is 13.1. The predicted molar refractivity (Wildman–Crippen MR) is 237 cm³/mol. The molecule has 3 aliphatic rings. The van der Waals surface area contributed by atoms with Crippen LogP contribution in [-0.4, -0.2) is 96.5 Å². The summed E-state index contributed by atoms with van der Waals surface area (Å²) in [5, 5.41) is 14.5. The lowest BCUT2D eigenvalue weighted by molar-refractivity contribution is -0.140. The molecule has 9 rings (SSSR count). The number of likely N-dealkylation sites (tertiary alicyclic amines) is 2. The predicted octanol–water partition coefficient (Wildman–Crippen LogP) is 8.36. The van der Waals surface area contributed by atoms with Crippen molar-refractivity contribution in [2.75, 3.05) is 20.7 Å². The van der Waals surface area contributed by atoms with E-state index in [1.54, 1.807) is 11.1 Å². The number of amides is 4. The first-order valence-corrected chi connectivity index (χ1v) is 21.6. The number of hydrogen-bond acceptors (Lipinski definition) is 8. The second kappa shape index (κ2) is 16.4. The first-order valence-electron chi connectivity index (χ1n) is 21.6. The first-order chi connectivity index (χ1) is 30.3. The number of aromatic nitrogens is 4. The minimum atomic E-state index is -1.13. The average molecular weight is 853 g/mol. The molecule has 4 N–H and O–H groups in total. The number of methoxy groups -OCH3 is 1. The highest BCUT2D eigenvalue weighted by molar-refractivity contribution is 6.07. The molecule has 63 heavy (non-hydrogen) atoms. The lowest BCUT2D eigenvalue weighted by atomic mass is 9.92. The number of carbonyl (C=O) groups is 4. The van der Waals surface area contributed by atoms with E-state index < -0.39 is 24.3 Å². The van der Waals surface area contributed by atoms with Crippen LogP contribution >= 0.6 is 0 Å².